The summed E-state index contributed by atoms with van der Waals surface area (Å²) in [6.45, 7) is 1.42. The number of amides is 1. The lowest BCUT2D eigenvalue weighted by atomic mass is 10.0. The van der Waals surface area contributed by atoms with E-state index in [0.29, 0.717) is 36.6 Å². The van der Waals surface area contributed by atoms with Crippen LogP contribution in [0, 0.1) is 5.82 Å². The van der Waals surface area contributed by atoms with Crippen LogP contribution in [0.4, 0.5) is 4.39 Å². The van der Waals surface area contributed by atoms with Crippen LogP contribution in [0.2, 0.25) is 0 Å². The van der Waals surface area contributed by atoms with Crippen molar-refractivity contribution >= 4 is 16.8 Å². The Kier molecular flexibility index (Phi) is 5.33. The largest absolute Gasteiger partial charge is 0.485 e. The number of fused-ring (bicyclic) bond motifs is 1. The van der Waals surface area contributed by atoms with Crippen molar-refractivity contribution in [2.24, 2.45) is 0 Å². The van der Waals surface area contributed by atoms with Crippen LogP contribution < -0.4 is 4.74 Å². The van der Waals surface area contributed by atoms with Crippen LogP contribution in [0.15, 0.2) is 66.9 Å². The van der Waals surface area contributed by atoms with E-state index in [9.17, 15) is 9.18 Å². The van der Waals surface area contributed by atoms with Crippen LogP contribution in [0.25, 0.3) is 22.0 Å². The summed E-state index contributed by atoms with van der Waals surface area (Å²) in [4.78, 5) is 14.9. The highest BCUT2D eigenvalue weighted by Crippen LogP contribution is 2.33. The van der Waals surface area contributed by atoms with Crippen molar-refractivity contribution in [3.05, 3.63) is 83.8 Å². The molecule has 1 fully saturated rings. The highest BCUT2D eigenvalue weighted by atomic mass is 19.1. The van der Waals surface area contributed by atoms with Crippen molar-refractivity contribution < 1.29 is 18.7 Å². The number of carbonyl (C=O) groups is 1. The van der Waals surface area contributed by atoms with Crippen molar-refractivity contribution in [1.82, 2.24) is 15.1 Å². The summed E-state index contributed by atoms with van der Waals surface area (Å²) < 4.78 is 25.1. The van der Waals surface area contributed by atoms with Crippen LogP contribution in [0.3, 0.4) is 0 Å². The van der Waals surface area contributed by atoms with Crippen molar-refractivity contribution in [3.63, 3.8) is 0 Å². The number of rotatable bonds is 6. The summed E-state index contributed by atoms with van der Waals surface area (Å²) in [6, 6.07) is 17.5. The van der Waals surface area contributed by atoms with Gasteiger partial charge < -0.3 is 14.4 Å². The molecule has 32 heavy (non-hydrogen) atoms. The number of H-pyrrole nitrogens is 1. The van der Waals surface area contributed by atoms with Crippen molar-refractivity contribution in [1.29, 1.82) is 0 Å². The minimum Gasteiger partial charge on any atom is -0.485 e. The molecule has 5 rings (SSSR count). The number of carbonyl (C=O) groups excluding carboxylic acids is 1. The molecular formula is C25H22FN3O3. The van der Waals surface area contributed by atoms with Crippen LogP contribution >= 0.6 is 0 Å². The molecule has 2 heterocycles. The smallest absolute Gasteiger partial charge is 0.254 e. The summed E-state index contributed by atoms with van der Waals surface area (Å²) >= 11 is 0. The first-order chi connectivity index (χ1) is 15.6. The standard InChI is InChI=1S/C25H22FN3O3/c1-29(13-19-6-2-5-18-12-27-28-24(18)19)25(30)17-8-9-22(16-4-3-7-20(26)10-16)23(11-17)32-21-14-31-15-21/h2-12,21H,13-15H2,1H3,(H,27,28). The van der Waals surface area contributed by atoms with Gasteiger partial charge in [-0.3, -0.25) is 9.89 Å². The maximum Gasteiger partial charge on any atom is 0.254 e. The topological polar surface area (TPSA) is 67.5 Å². The van der Waals surface area contributed by atoms with Gasteiger partial charge in [-0.05, 0) is 41.5 Å². The molecule has 0 saturated carbocycles. The molecule has 0 bridgehead atoms. The van der Waals surface area contributed by atoms with Crippen LogP contribution in [-0.2, 0) is 11.3 Å². The van der Waals surface area contributed by atoms with Gasteiger partial charge in [-0.1, -0.05) is 30.3 Å². The third kappa shape index (κ3) is 3.94. The zero-order valence-electron chi connectivity index (χ0n) is 17.5. The van der Waals surface area contributed by atoms with E-state index in [-0.39, 0.29) is 17.8 Å². The molecule has 0 unspecified atom stereocenters. The van der Waals surface area contributed by atoms with E-state index in [1.165, 1.54) is 12.1 Å². The fourth-order valence-electron chi connectivity index (χ4n) is 3.82. The number of nitrogens with zero attached hydrogens (tertiary/aromatic N) is 2. The molecule has 1 aliphatic heterocycles. The minimum absolute atomic E-state index is 0.0802. The molecule has 162 valence electrons. The van der Waals surface area contributed by atoms with E-state index in [4.69, 9.17) is 9.47 Å². The maximum atomic E-state index is 13.8. The van der Waals surface area contributed by atoms with Gasteiger partial charge in [-0.15, -0.1) is 0 Å². The number of para-hydroxylation sites is 1. The second kappa shape index (κ2) is 8.43. The quantitative estimate of drug-likeness (QED) is 0.491. The third-order valence-corrected chi connectivity index (χ3v) is 5.58. The molecule has 0 spiro atoms. The summed E-state index contributed by atoms with van der Waals surface area (Å²) in [6.07, 6.45) is 1.68. The lowest BCUT2D eigenvalue weighted by Gasteiger charge is -2.28. The van der Waals surface area contributed by atoms with Crippen molar-refractivity contribution in [3.8, 4) is 16.9 Å². The lowest BCUT2D eigenvalue weighted by Crippen LogP contribution is -2.38. The molecule has 1 amide bonds. The first-order valence-corrected chi connectivity index (χ1v) is 10.4. The van der Waals surface area contributed by atoms with E-state index in [2.05, 4.69) is 10.2 Å². The maximum absolute atomic E-state index is 13.8. The first-order valence-electron chi connectivity index (χ1n) is 10.4. The Hall–Kier alpha value is -3.71. The summed E-state index contributed by atoms with van der Waals surface area (Å²) in [5.74, 6) is 0.0779. The van der Waals surface area contributed by atoms with E-state index >= 15 is 0 Å². The number of hydrogen-bond donors (Lipinski definition) is 1. The fourth-order valence-corrected chi connectivity index (χ4v) is 3.82. The summed E-state index contributed by atoms with van der Waals surface area (Å²) in [5, 5.41) is 8.08. The molecular weight excluding hydrogens is 409 g/mol. The van der Waals surface area contributed by atoms with E-state index in [0.717, 1.165) is 22.0 Å². The van der Waals surface area contributed by atoms with Crippen LogP contribution in [-0.4, -0.2) is 47.4 Å². The SMILES string of the molecule is CN(Cc1cccc2cn[nH]c12)C(=O)c1ccc(-c2cccc(F)c2)c(OC2COC2)c1. The van der Waals surface area contributed by atoms with Gasteiger partial charge in [-0.25, -0.2) is 4.39 Å². The van der Waals surface area contributed by atoms with Gasteiger partial charge in [0.05, 0.1) is 24.9 Å². The molecule has 3 aromatic carbocycles. The minimum atomic E-state index is -0.326. The second-order valence-corrected chi connectivity index (χ2v) is 7.91. The second-order valence-electron chi connectivity index (χ2n) is 7.91. The van der Waals surface area contributed by atoms with Crippen LogP contribution in [0.5, 0.6) is 5.75 Å². The highest BCUT2D eigenvalue weighted by Gasteiger charge is 2.23. The number of ether oxygens (including phenoxy) is 2. The fraction of sp³-hybridized carbons (Fsp3) is 0.200. The lowest BCUT2D eigenvalue weighted by molar-refractivity contribution is -0.0794. The molecule has 1 aliphatic rings. The Balaban J connectivity index is 1.43. The monoisotopic (exact) mass is 431 g/mol. The number of hydrogen-bond acceptors (Lipinski definition) is 4. The first kappa shape index (κ1) is 20.2. The molecule has 0 atom stereocenters. The number of aromatic nitrogens is 2. The average molecular weight is 431 g/mol. The van der Waals surface area contributed by atoms with Crippen molar-refractivity contribution in [2.75, 3.05) is 20.3 Å². The summed E-state index contributed by atoms with van der Waals surface area (Å²) in [7, 11) is 1.76. The highest BCUT2D eigenvalue weighted by molar-refractivity contribution is 5.95. The molecule has 4 aromatic rings. The molecule has 6 nitrogen and oxygen atoms in total. The van der Waals surface area contributed by atoms with Gasteiger partial charge >= 0.3 is 0 Å². The van der Waals surface area contributed by atoms with Gasteiger partial charge in [0, 0.05) is 30.1 Å². The number of halogens is 1. The third-order valence-electron chi connectivity index (χ3n) is 5.58. The molecule has 1 aromatic heterocycles. The summed E-state index contributed by atoms with van der Waals surface area (Å²) in [5.41, 5.74) is 3.83. The molecule has 7 heteroatoms. The van der Waals surface area contributed by atoms with Gasteiger partial charge in [0.1, 0.15) is 17.7 Å². The van der Waals surface area contributed by atoms with Gasteiger partial charge in [0.15, 0.2) is 0 Å². The van der Waals surface area contributed by atoms with E-state index in [1.807, 2.05) is 24.3 Å². The Morgan fingerprint density at radius 1 is 1.19 bits per heavy atom. The van der Waals surface area contributed by atoms with Crippen molar-refractivity contribution in [2.45, 2.75) is 12.6 Å². The average Bonchev–Trinajstić information content (AvgIpc) is 3.25. The Labute approximate surface area is 184 Å². The number of benzene rings is 3. The number of nitrogens with one attached hydrogen (secondary N) is 1. The van der Waals surface area contributed by atoms with Gasteiger partial charge in [0.25, 0.3) is 5.91 Å². The zero-order valence-corrected chi connectivity index (χ0v) is 17.5. The molecule has 1 N–H and O–H groups in total. The van der Waals surface area contributed by atoms with Gasteiger partial charge in [0.2, 0.25) is 0 Å². The predicted octanol–water partition coefficient (Wildman–Crippen LogP) is 4.42. The normalized spacial score (nSPS) is 13.7. The van der Waals surface area contributed by atoms with Gasteiger partial charge in [-0.2, -0.15) is 5.10 Å². The number of aromatic amines is 1. The molecule has 1 saturated heterocycles. The Morgan fingerprint density at radius 2 is 2.03 bits per heavy atom. The van der Waals surface area contributed by atoms with Crippen LogP contribution in [0.1, 0.15) is 15.9 Å². The zero-order chi connectivity index (χ0) is 22.1. The molecule has 0 radical (unpaired) electrons. The molecule has 0 aliphatic carbocycles. The Bertz CT molecular complexity index is 1280. The Morgan fingerprint density at radius 3 is 2.81 bits per heavy atom. The predicted molar refractivity (Wildman–Crippen MR) is 119 cm³/mol. The van der Waals surface area contributed by atoms with E-state index in [1.54, 1.807) is 42.4 Å². The van der Waals surface area contributed by atoms with E-state index < -0.39 is 0 Å².